The second-order valence-electron chi connectivity index (χ2n) is 13.3. The van der Waals surface area contributed by atoms with E-state index in [1.807, 2.05) is 0 Å². The number of hydrogen-bond donors (Lipinski definition) is 0. The van der Waals surface area contributed by atoms with Crippen molar-refractivity contribution in [3.8, 4) is 33.4 Å². The van der Waals surface area contributed by atoms with E-state index in [9.17, 15) is 0 Å². The number of rotatable bonds is 7. The molecule has 0 fully saturated rings. The monoisotopic (exact) mass is 614 g/mol. The fourth-order valence-corrected chi connectivity index (χ4v) is 8.43. The summed E-state index contributed by atoms with van der Waals surface area (Å²) in [5.74, 6) is 0. The molecule has 0 atom stereocenters. The molecule has 0 bridgehead atoms. The zero-order chi connectivity index (χ0) is 32.2. The summed E-state index contributed by atoms with van der Waals surface area (Å²) in [6.07, 6.45) is 4.26. The first kappa shape index (κ1) is 28.7. The van der Waals surface area contributed by atoms with Gasteiger partial charge in [-0.2, -0.15) is 0 Å². The molecule has 0 aliphatic heterocycles. The van der Waals surface area contributed by atoms with Gasteiger partial charge >= 0.3 is 0 Å². The molecule has 0 heterocycles. The van der Waals surface area contributed by atoms with Crippen LogP contribution >= 0.6 is 0 Å². The standard InChI is InChI=1S/C48H38/c1-3-13-35-30-44(48-40-21-10-8-19-38(40)46(31-15-6-5-7-16-31)39-20-9-11-22-41(39)48)36(14-4-2)29-43(35)37-27-25-34-24-23-32-17-12-18-33-26-28-42(37)47(34)45(32)33/h5-12,15-30H,3-4,13-14H2,1-2H3. The molecule has 9 aromatic rings. The molecule has 0 unspecified atom stereocenters. The Morgan fingerprint density at radius 1 is 0.354 bits per heavy atom. The van der Waals surface area contributed by atoms with Crippen LogP contribution in [-0.4, -0.2) is 0 Å². The molecule has 0 saturated heterocycles. The summed E-state index contributed by atoms with van der Waals surface area (Å²) in [6, 6.07) is 54.8. The van der Waals surface area contributed by atoms with Crippen molar-refractivity contribution in [2.24, 2.45) is 0 Å². The van der Waals surface area contributed by atoms with Gasteiger partial charge in [0, 0.05) is 0 Å². The van der Waals surface area contributed by atoms with Crippen LogP contribution in [0.2, 0.25) is 0 Å². The largest absolute Gasteiger partial charge is 0.0651 e. The lowest BCUT2D eigenvalue weighted by atomic mass is 9.81. The van der Waals surface area contributed by atoms with Crippen LogP contribution in [0.15, 0.2) is 146 Å². The van der Waals surface area contributed by atoms with Gasteiger partial charge in [0.2, 0.25) is 0 Å². The Kier molecular flexibility index (Phi) is 6.98. The molecule has 9 rings (SSSR count). The second kappa shape index (κ2) is 11.7. The van der Waals surface area contributed by atoms with Crippen molar-refractivity contribution in [3.63, 3.8) is 0 Å². The molecule has 230 valence electrons. The van der Waals surface area contributed by atoms with Gasteiger partial charge in [0.15, 0.2) is 0 Å². The van der Waals surface area contributed by atoms with Crippen LogP contribution in [-0.2, 0) is 12.8 Å². The lowest BCUT2D eigenvalue weighted by Crippen LogP contribution is -2.00. The van der Waals surface area contributed by atoms with Gasteiger partial charge < -0.3 is 0 Å². The van der Waals surface area contributed by atoms with Crippen molar-refractivity contribution in [1.82, 2.24) is 0 Å². The van der Waals surface area contributed by atoms with Gasteiger partial charge in [-0.15, -0.1) is 0 Å². The molecule has 0 N–H and O–H groups in total. The first-order chi connectivity index (χ1) is 23.7. The van der Waals surface area contributed by atoms with E-state index in [0.717, 1.165) is 25.7 Å². The van der Waals surface area contributed by atoms with Gasteiger partial charge in [0.05, 0.1) is 0 Å². The Balaban J connectivity index is 1.36. The average molecular weight is 615 g/mol. The van der Waals surface area contributed by atoms with Gasteiger partial charge in [-0.3, -0.25) is 0 Å². The molecule has 9 aromatic carbocycles. The summed E-state index contributed by atoms with van der Waals surface area (Å²) >= 11 is 0. The lowest BCUT2D eigenvalue weighted by Gasteiger charge is -2.22. The van der Waals surface area contributed by atoms with Crippen molar-refractivity contribution < 1.29 is 0 Å². The van der Waals surface area contributed by atoms with Gasteiger partial charge in [-0.25, -0.2) is 0 Å². The van der Waals surface area contributed by atoms with Crippen LogP contribution in [0.25, 0.3) is 87.2 Å². The maximum absolute atomic E-state index is 2.57. The van der Waals surface area contributed by atoms with Crippen molar-refractivity contribution in [2.45, 2.75) is 39.5 Å². The highest BCUT2D eigenvalue weighted by Crippen LogP contribution is 2.47. The Bertz CT molecular complexity index is 2550. The van der Waals surface area contributed by atoms with Gasteiger partial charge in [-0.05, 0) is 111 Å². The van der Waals surface area contributed by atoms with Crippen LogP contribution < -0.4 is 0 Å². The zero-order valence-electron chi connectivity index (χ0n) is 27.7. The molecule has 0 saturated carbocycles. The minimum atomic E-state index is 1.03. The summed E-state index contributed by atoms with van der Waals surface area (Å²) in [5, 5.41) is 13.3. The zero-order valence-corrected chi connectivity index (χ0v) is 27.7. The van der Waals surface area contributed by atoms with E-state index < -0.39 is 0 Å². The second-order valence-corrected chi connectivity index (χ2v) is 13.3. The summed E-state index contributed by atoms with van der Waals surface area (Å²) in [5.41, 5.74) is 10.9. The maximum atomic E-state index is 2.57. The van der Waals surface area contributed by atoms with E-state index in [1.54, 1.807) is 0 Å². The minimum Gasteiger partial charge on any atom is -0.0651 e. The van der Waals surface area contributed by atoms with E-state index in [2.05, 4.69) is 159 Å². The van der Waals surface area contributed by atoms with Gasteiger partial charge in [0.1, 0.15) is 0 Å². The molecule has 0 radical (unpaired) electrons. The third kappa shape index (κ3) is 4.44. The molecule has 0 nitrogen and oxygen atoms in total. The number of aryl methyl sites for hydroxylation is 2. The van der Waals surface area contributed by atoms with Crippen molar-refractivity contribution in [1.29, 1.82) is 0 Å². The fourth-order valence-electron chi connectivity index (χ4n) is 8.43. The highest BCUT2D eigenvalue weighted by atomic mass is 14.2. The Hall–Kier alpha value is -5.46. The van der Waals surface area contributed by atoms with E-state index in [4.69, 9.17) is 0 Å². The van der Waals surface area contributed by atoms with Crippen molar-refractivity contribution >= 4 is 53.9 Å². The van der Waals surface area contributed by atoms with Crippen LogP contribution in [0, 0.1) is 0 Å². The molecule has 0 amide bonds. The summed E-state index contributed by atoms with van der Waals surface area (Å²) in [4.78, 5) is 0. The van der Waals surface area contributed by atoms with Gasteiger partial charge in [0.25, 0.3) is 0 Å². The van der Waals surface area contributed by atoms with Crippen LogP contribution in [0.3, 0.4) is 0 Å². The highest BCUT2D eigenvalue weighted by molar-refractivity contribution is 6.26. The van der Waals surface area contributed by atoms with Crippen molar-refractivity contribution in [2.75, 3.05) is 0 Å². The predicted octanol–water partition coefficient (Wildman–Crippen LogP) is 13.8. The Morgan fingerprint density at radius 3 is 1.48 bits per heavy atom. The predicted molar refractivity (Wildman–Crippen MR) is 209 cm³/mol. The maximum Gasteiger partial charge on any atom is -0.00206 e. The average Bonchev–Trinajstić information content (AvgIpc) is 3.14. The number of fused-ring (bicyclic) bond motifs is 2. The fraction of sp³-hybridized carbons (Fsp3) is 0.125. The normalized spacial score (nSPS) is 11.9. The van der Waals surface area contributed by atoms with Crippen LogP contribution in [0.1, 0.15) is 37.8 Å². The molecule has 0 aromatic heterocycles. The number of hydrogen-bond acceptors (Lipinski definition) is 0. The van der Waals surface area contributed by atoms with E-state index >= 15 is 0 Å². The molecular formula is C48H38. The van der Waals surface area contributed by atoms with Crippen molar-refractivity contribution in [3.05, 3.63) is 157 Å². The van der Waals surface area contributed by atoms with Crippen LogP contribution in [0.4, 0.5) is 0 Å². The summed E-state index contributed by atoms with van der Waals surface area (Å²) in [7, 11) is 0. The first-order valence-electron chi connectivity index (χ1n) is 17.6. The molecule has 0 aliphatic rings. The molecule has 0 heteroatoms. The first-order valence-corrected chi connectivity index (χ1v) is 17.6. The van der Waals surface area contributed by atoms with E-state index in [-0.39, 0.29) is 0 Å². The molecule has 48 heavy (non-hydrogen) atoms. The Labute approximate surface area is 282 Å². The third-order valence-electron chi connectivity index (χ3n) is 10.4. The van der Waals surface area contributed by atoms with Gasteiger partial charge in [-0.1, -0.05) is 172 Å². The SMILES string of the molecule is CCCc1cc(-c2ccc3ccc4cccc5ccc2c3c45)c(CCC)cc1-c1c2ccccc2c(-c2ccccc2)c2ccccc12. The minimum absolute atomic E-state index is 1.03. The molecule has 0 aliphatic carbocycles. The lowest BCUT2D eigenvalue weighted by molar-refractivity contribution is 0.908. The van der Waals surface area contributed by atoms with E-state index in [1.165, 1.54) is 98.4 Å². The van der Waals surface area contributed by atoms with Crippen LogP contribution in [0.5, 0.6) is 0 Å². The third-order valence-corrected chi connectivity index (χ3v) is 10.4. The molecule has 0 spiro atoms. The number of benzene rings is 9. The quantitative estimate of drug-likeness (QED) is 0.124. The topological polar surface area (TPSA) is 0 Å². The Morgan fingerprint density at radius 2 is 0.854 bits per heavy atom. The smallest absolute Gasteiger partial charge is 0.00206 e. The summed E-state index contributed by atoms with van der Waals surface area (Å²) < 4.78 is 0. The molecular weight excluding hydrogens is 577 g/mol. The van der Waals surface area contributed by atoms with E-state index in [0.29, 0.717) is 0 Å². The highest BCUT2D eigenvalue weighted by Gasteiger charge is 2.21. The summed E-state index contributed by atoms with van der Waals surface area (Å²) in [6.45, 7) is 4.63.